The zero-order valence-corrected chi connectivity index (χ0v) is 11.3. The van der Waals surface area contributed by atoms with E-state index in [-0.39, 0.29) is 6.61 Å². The summed E-state index contributed by atoms with van der Waals surface area (Å²) in [7, 11) is 0. The highest BCUT2D eigenvalue weighted by molar-refractivity contribution is 7.12. The first-order valence-corrected chi connectivity index (χ1v) is 6.11. The number of rotatable bonds is 3. The van der Waals surface area contributed by atoms with Gasteiger partial charge in [0.05, 0.1) is 5.01 Å². The van der Waals surface area contributed by atoms with Crippen LogP contribution in [0.25, 0.3) is 0 Å². The summed E-state index contributed by atoms with van der Waals surface area (Å²) in [6.07, 6.45) is 1.60. The number of hydrogen-bond donors (Lipinski definition) is 3. The molecule has 0 aliphatic rings. The maximum atomic E-state index is 8.57. The van der Waals surface area contributed by atoms with E-state index in [1.165, 1.54) is 13.8 Å². The molecule has 0 saturated carbocycles. The van der Waals surface area contributed by atoms with Crippen molar-refractivity contribution >= 4 is 22.9 Å². The quantitative estimate of drug-likeness (QED) is 0.730. The van der Waals surface area contributed by atoms with Gasteiger partial charge in [0.25, 0.3) is 0 Å². The fourth-order valence-electron chi connectivity index (χ4n) is 0.838. The van der Waals surface area contributed by atoms with Crippen LogP contribution < -0.4 is 0 Å². The Hall–Kier alpha value is -0.200. The topological polar surface area (TPSA) is 73.6 Å². The van der Waals surface area contributed by atoms with Crippen LogP contribution in [0.2, 0.25) is 5.15 Å². The molecule has 4 nitrogen and oxygen atoms in total. The number of halogens is 1. The molecular weight excluding hydrogens is 250 g/mol. The van der Waals surface area contributed by atoms with E-state index in [1.54, 1.807) is 11.3 Å². The molecule has 1 aromatic rings. The summed E-state index contributed by atoms with van der Waals surface area (Å²) in [5.74, 6) is -1.50. The Bertz CT molecular complexity index is 304. The van der Waals surface area contributed by atoms with Crippen LogP contribution in [-0.4, -0.2) is 32.7 Å². The summed E-state index contributed by atoms with van der Waals surface area (Å²) in [5, 5.41) is 26.3. The molecule has 1 heterocycles. The largest absolute Gasteiger partial charge is 0.396 e. The van der Waals surface area contributed by atoms with Crippen LogP contribution in [0.1, 0.15) is 30.2 Å². The van der Waals surface area contributed by atoms with Crippen molar-refractivity contribution in [3.63, 3.8) is 0 Å². The molecule has 94 valence electrons. The first kappa shape index (κ1) is 15.8. The van der Waals surface area contributed by atoms with Crippen molar-refractivity contribution in [1.82, 2.24) is 4.98 Å². The average Bonchev–Trinajstić information content (AvgIpc) is 2.38. The lowest BCUT2D eigenvalue weighted by atomic mass is 10.3. The molecule has 6 heteroatoms. The first-order chi connectivity index (χ1) is 7.24. The lowest BCUT2D eigenvalue weighted by molar-refractivity contribution is -0.127. The molecule has 0 aromatic carbocycles. The second-order valence-electron chi connectivity index (χ2n) is 3.77. The molecule has 0 radical (unpaired) electrons. The highest BCUT2D eigenvalue weighted by Crippen LogP contribution is 2.23. The van der Waals surface area contributed by atoms with E-state index in [2.05, 4.69) is 4.98 Å². The molecule has 0 bridgehead atoms. The van der Waals surface area contributed by atoms with Gasteiger partial charge in [0.1, 0.15) is 5.15 Å². The smallest absolute Gasteiger partial charge is 0.156 e. The lowest BCUT2D eigenvalue weighted by Crippen LogP contribution is -2.15. The van der Waals surface area contributed by atoms with Crippen molar-refractivity contribution < 1.29 is 15.3 Å². The van der Waals surface area contributed by atoms with Gasteiger partial charge in [-0.1, -0.05) is 11.6 Å². The van der Waals surface area contributed by atoms with Crippen LogP contribution in [0.5, 0.6) is 0 Å². The molecular formula is C10H18ClNO3S. The Morgan fingerprint density at radius 3 is 2.19 bits per heavy atom. The first-order valence-electron chi connectivity index (χ1n) is 4.91. The summed E-state index contributed by atoms with van der Waals surface area (Å²) < 4.78 is 0. The Kier molecular flexibility index (Phi) is 7.10. The number of aliphatic hydroxyl groups is 3. The fourth-order valence-corrected chi connectivity index (χ4v) is 2.09. The van der Waals surface area contributed by atoms with Crippen molar-refractivity contribution in [2.75, 3.05) is 6.61 Å². The van der Waals surface area contributed by atoms with Crippen LogP contribution in [0.15, 0.2) is 0 Å². The van der Waals surface area contributed by atoms with Crippen molar-refractivity contribution in [2.45, 2.75) is 39.4 Å². The summed E-state index contributed by atoms with van der Waals surface area (Å²) in [5.41, 5.74) is 0. The van der Waals surface area contributed by atoms with E-state index in [9.17, 15) is 0 Å². The Morgan fingerprint density at radius 1 is 1.38 bits per heavy atom. The highest BCUT2D eigenvalue weighted by Gasteiger charge is 2.04. The molecule has 0 fully saturated rings. The van der Waals surface area contributed by atoms with E-state index in [0.29, 0.717) is 5.15 Å². The van der Waals surface area contributed by atoms with Crippen LogP contribution in [0, 0.1) is 6.92 Å². The van der Waals surface area contributed by atoms with Crippen molar-refractivity contribution in [2.24, 2.45) is 0 Å². The zero-order chi connectivity index (χ0) is 12.8. The predicted octanol–water partition coefficient (Wildman–Crippen LogP) is 1.74. The molecule has 0 amide bonds. The zero-order valence-electron chi connectivity index (χ0n) is 9.70. The Balaban J connectivity index is 0.000000385. The number of aliphatic hydroxyl groups excluding tert-OH is 1. The molecule has 1 rings (SSSR count). The van der Waals surface area contributed by atoms with Crippen LogP contribution in [-0.2, 0) is 6.42 Å². The van der Waals surface area contributed by atoms with E-state index >= 15 is 0 Å². The van der Waals surface area contributed by atoms with E-state index in [4.69, 9.17) is 26.9 Å². The lowest BCUT2D eigenvalue weighted by Gasteiger charge is -2.03. The van der Waals surface area contributed by atoms with Crippen molar-refractivity contribution in [1.29, 1.82) is 0 Å². The summed E-state index contributed by atoms with van der Waals surface area (Å²) in [6.45, 7) is 4.74. The van der Waals surface area contributed by atoms with E-state index in [1.807, 2.05) is 6.92 Å². The fraction of sp³-hybridized carbons (Fsp3) is 0.700. The molecule has 1 aromatic heterocycles. The van der Waals surface area contributed by atoms with Gasteiger partial charge in [-0.3, -0.25) is 0 Å². The third kappa shape index (κ3) is 9.06. The predicted molar refractivity (Wildman–Crippen MR) is 65.8 cm³/mol. The minimum absolute atomic E-state index is 0.216. The van der Waals surface area contributed by atoms with Crippen LogP contribution in [0.4, 0.5) is 0 Å². The number of nitrogens with zero attached hydrogens (tertiary/aromatic N) is 1. The number of aromatic nitrogens is 1. The van der Waals surface area contributed by atoms with Crippen LogP contribution in [0.3, 0.4) is 0 Å². The second kappa shape index (κ2) is 7.19. The molecule has 0 atom stereocenters. The van der Waals surface area contributed by atoms with Gasteiger partial charge >= 0.3 is 0 Å². The highest BCUT2D eigenvalue weighted by atomic mass is 35.5. The van der Waals surface area contributed by atoms with Gasteiger partial charge in [-0.25, -0.2) is 4.98 Å². The molecule has 0 saturated heterocycles. The third-order valence-electron chi connectivity index (χ3n) is 1.32. The van der Waals surface area contributed by atoms with Gasteiger partial charge in [-0.2, -0.15) is 0 Å². The molecule has 0 unspecified atom stereocenters. The van der Waals surface area contributed by atoms with Gasteiger partial charge in [-0.05, 0) is 33.6 Å². The van der Waals surface area contributed by atoms with E-state index in [0.717, 1.165) is 22.7 Å². The second-order valence-corrected chi connectivity index (χ2v) is 5.41. The van der Waals surface area contributed by atoms with Gasteiger partial charge in [0.2, 0.25) is 0 Å². The number of thiazole rings is 1. The van der Waals surface area contributed by atoms with Crippen molar-refractivity contribution in [3.8, 4) is 0 Å². The number of aryl methyl sites for hydroxylation is 2. The average molecular weight is 268 g/mol. The Morgan fingerprint density at radius 2 is 1.88 bits per heavy atom. The summed E-state index contributed by atoms with van der Waals surface area (Å²) in [6, 6.07) is 0. The summed E-state index contributed by atoms with van der Waals surface area (Å²) in [4.78, 5) is 5.15. The maximum Gasteiger partial charge on any atom is 0.156 e. The monoisotopic (exact) mass is 267 g/mol. The SMILES string of the molecule is CC(C)(O)O.Cc1nc(Cl)c(CCCO)s1. The van der Waals surface area contributed by atoms with Gasteiger partial charge < -0.3 is 15.3 Å². The van der Waals surface area contributed by atoms with Crippen molar-refractivity contribution in [3.05, 3.63) is 15.0 Å². The molecule has 16 heavy (non-hydrogen) atoms. The minimum Gasteiger partial charge on any atom is -0.396 e. The third-order valence-corrected chi connectivity index (χ3v) is 2.77. The standard InChI is InChI=1S/C7H10ClNOS.C3H8O2/c1-5-9-7(8)6(11-5)3-2-4-10;1-3(2,4)5/h10H,2-4H2,1H3;4-5H,1-2H3. The number of hydrogen-bond acceptors (Lipinski definition) is 5. The van der Waals surface area contributed by atoms with E-state index < -0.39 is 5.79 Å². The normalized spacial score (nSPS) is 10.9. The minimum atomic E-state index is -1.50. The maximum absolute atomic E-state index is 8.57. The van der Waals surface area contributed by atoms with Gasteiger partial charge in [-0.15, -0.1) is 11.3 Å². The molecule has 0 spiro atoms. The molecule has 0 aliphatic carbocycles. The molecule has 3 N–H and O–H groups in total. The van der Waals surface area contributed by atoms with Crippen LogP contribution >= 0.6 is 22.9 Å². The van der Waals surface area contributed by atoms with Gasteiger partial charge in [0, 0.05) is 11.5 Å². The summed E-state index contributed by atoms with van der Waals surface area (Å²) >= 11 is 7.40. The van der Waals surface area contributed by atoms with Gasteiger partial charge in [0.15, 0.2) is 5.79 Å². The molecule has 0 aliphatic heterocycles. The Labute approximate surface area is 105 Å².